The standard InChI is InChI=1S/C22H28N2O2/c1-5-24(19-13-9-10-17(2)16-19)21(26)22(3,4)20(25)23-15-14-18-11-7-6-8-12-18/h6-13,16H,5,14-15H2,1-4H3,(H,23,25). The van der Waals surface area contributed by atoms with Gasteiger partial charge in [0.1, 0.15) is 5.41 Å². The summed E-state index contributed by atoms with van der Waals surface area (Å²) in [5.41, 5.74) is 1.93. The molecule has 0 atom stereocenters. The summed E-state index contributed by atoms with van der Waals surface area (Å²) >= 11 is 0. The number of nitrogens with zero attached hydrogens (tertiary/aromatic N) is 1. The van der Waals surface area contributed by atoms with Gasteiger partial charge in [0, 0.05) is 18.8 Å². The lowest BCUT2D eigenvalue weighted by Crippen LogP contribution is -2.50. The molecule has 4 heteroatoms. The number of aryl methyl sites for hydroxylation is 1. The molecule has 0 unspecified atom stereocenters. The Morgan fingerprint density at radius 2 is 1.73 bits per heavy atom. The van der Waals surface area contributed by atoms with Gasteiger partial charge in [0.2, 0.25) is 11.8 Å². The maximum absolute atomic E-state index is 13.0. The van der Waals surface area contributed by atoms with E-state index >= 15 is 0 Å². The van der Waals surface area contributed by atoms with Crippen LogP contribution in [0.3, 0.4) is 0 Å². The second kappa shape index (κ2) is 8.65. The summed E-state index contributed by atoms with van der Waals surface area (Å²) < 4.78 is 0. The van der Waals surface area contributed by atoms with Gasteiger partial charge in [0.15, 0.2) is 0 Å². The number of anilines is 1. The largest absolute Gasteiger partial charge is 0.355 e. The van der Waals surface area contributed by atoms with E-state index in [0.717, 1.165) is 23.2 Å². The van der Waals surface area contributed by atoms with Gasteiger partial charge >= 0.3 is 0 Å². The van der Waals surface area contributed by atoms with Crippen LogP contribution in [0.4, 0.5) is 5.69 Å². The van der Waals surface area contributed by atoms with E-state index < -0.39 is 5.41 Å². The first-order valence-corrected chi connectivity index (χ1v) is 9.07. The van der Waals surface area contributed by atoms with Crippen molar-refractivity contribution in [2.75, 3.05) is 18.0 Å². The molecular formula is C22H28N2O2. The van der Waals surface area contributed by atoms with Crippen molar-refractivity contribution in [3.63, 3.8) is 0 Å². The Hall–Kier alpha value is -2.62. The number of hydrogen-bond donors (Lipinski definition) is 1. The maximum Gasteiger partial charge on any atom is 0.242 e. The van der Waals surface area contributed by atoms with E-state index in [-0.39, 0.29) is 11.8 Å². The minimum atomic E-state index is -1.13. The molecule has 0 spiro atoms. The molecule has 0 saturated carbocycles. The van der Waals surface area contributed by atoms with Crippen LogP contribution in [0.2, 0.25) is 0 Å². The molecule has 2 rings (SSSR count). The maximum atomic E-state index is 13.0. The van der Waals surface area contributed by atoms with Crippen molar-refractivity contribution >= 4 is 17.5 Å². The number of benzene rings is 2. The van der Waals surface area contributed by atoms with Crippen molar-refractivity contribution in [3.8, 4) is 0 Å². The minimum Gasteiger partial charge on any atom is -0.355 e. The summed E-state index contributed by atoms with van der Waals surface area (Å²) in [6, 6.07) is 17.8. The van der Waals surface area contributed by atoms with Crippen molar-refractivity contribution in [1.82, 2.24) is 5.32 Å². The molecule has 0 aromatic heterocycles. The average molecular weight is 352 g/mol. The zero-order valence-electron chi connectivity index (χ0n) is 16.1. The third-order valence-corrected chi connectivity index (χ3v) is 4.52. The van der Waals surface area contributed by atoms with Gasteiger partial charge in [-0.1, -0.05) is 42.5 Å². The molecule has 2 aromatic carbocycles. The van der Waals surface area contributed by atoms with Crippen LogP contribution in [0, 0.1) is 12.3 Å². The molecule has 138 valence electrons. The molecule has 0 aliphatic carbocycles. The van der Waals surface area contributed by atoms with Crippen molar-refractivity contribution in [2.24, 2.45) is 5.41 Å². The number of rotatable bonds is 7. The van der Waals surface area contributed by atoms with E-state index in [9.17, 15) is 9.59 Å². The minimum absolute atomic E-state index is 0.192. The summed E-state index contributed by atoms with van der Waals surface area (Å²) in [7, 11) is 0. The Morgan fingerprint density at radius 3 is 2.35 bits per heavy atom. The predicted octanol–water partition coefficient (Wildman–Crippen LogP) is 3.73. The van der Waals surface area contributed by atoms with Gasteiger partial charge in [0.05, 0.1) is 0 Å². The zero-order valence-corrected chi connectivity index (χ0v) is 16.1. The Bertz CT molecular complexity index is 754. The molecule has 2 amide bonds. The highest BCUT2D eigenvalue weighted by Crippen LogP contribution is 2.25. The van der Waals surface area contributed by atoms with Crippen LogP contribution in [0.1, 0.15) is 31.9 Å². The van der Waals surface area contributed by atoms with Gasteiger partial charge < -0.3 is 10.2 Å². The lowest BCUT2D eigenvalue weighted by atomic mass is 9.89. The van der Waals surface area contributed by atoms with Crippen LogP contribution in [0.25, 0.3) is 0 Å². The van der Waals surface area contributed by atoms with Crippen LogP contribution >= 0.6 is 0 Å². The molecule has 0 heterocycles. The summed E-state index contributed by atoms with van der Waals surface area (Å²) in [6.45, 7) is 8.31. The molecule has 0 aliphatic heterocycles. The molecule has 26 heavy (non-hydrogen) atoms. The Kier molecular flexibility index (Phi) is 6.56. The average Bonchev–Trinajstić information content (AvgIpc) is 2.63. The van der Waals surface area contributed by atoms with Crippen LogP contribution in [0.15, 0.2) is 54.6 Å². The van der Waals surface area contributed by atoms with E-state index in [0.29, 0.717) is 13.1 Å². The van der Waals surface area contributed by atoms with Gasteiger partial charge in [-0.15, -0.1) is 0 Å². The Balaban J connectivity index is 2.03. The SMILES string of the molecule is CCN(C(=O)C(C)(C)C(=O)NCCc1ccccc1)c1cccc(C)c1. The molecule has 1 N–H and O–H groups in total. The second-order valence-corrected chi connectivity index (χ2v) is 7.00. The van der Waals surface area contributed by atoms with Crippen LogP contribution < -0.4 is 10.2 Å². The third kappa shape index (κ3) is 4.72. The zero-order chi connectivity index (χ0) is 19.2. The number of nitrogens with one attached hydrogen (secondary N) is 1. The Labute approximate surface area is 156 Å². The van der Waals surface area contributed by atoms with E-state index in [1.165, 1.54) is 0 Å². The van der Waals surface area contributed by atoms with Crippen molar-refractivity contribution in [3.05, 3.63) is 65.7 Å². The van der Waals surface area contributed by atoms with Gasteiger partial charge in [0.25, 0.3) is 0 Å². The van der Waals surface area contributed by atoms with E-state index in [4.69, 9.17) is 0 Å². The lowest BCUT2D eigenvalue weighted by molar-refractivity contribution is -0.139. The van der Waals surface area contributed by atoms with E-state index in [1.54, 1.807) is 18.7 Å². The van der Waals surface area contributed by atoms with E-state index in [1.807, 2.05) is 68.4 Å². The number of amides is 2. The molecule has 0 saturated heterocycles. The summed E-state index contributed by atoms with van der Waals surface area (Å²) in [5, 5.41) is 2.91. The molecule has 0 bridgehead atoms. The molecule has 4 nitrogen and oxygen atoms in total. The van der Waals surface area contributed by atoms with Crippen molar-refractivity contribution in [1.29, 1.82) is 0 Å². The molecular weight excluding hydrogens is 324 g/mol. The first-order valence-electron chi connectivity index (χ1n) is 9.07. The second-order valence-electron chi connectivity index (χ2n) is 7.00. The van der Waals surface area contributed by atoms with Crippen molar-refractivity contribution < 1.29 is 9.59 Å². The van der Waals surface area contributed by atoms with Crippen LogP contribution in [-0.4, -0.2) is 24.9 Å². The van der Waals surface area contributed by atoms with Gasteiger partial charge in [-0.25, -0.2) is 0 Å². The summed E-state index contributed by atoms with van der Waals surface area (Å²) in [4.78, 5) is 27.4. The number of carbonyl (C=O) groups excluding carboxylic acids is 2. The lowest BCUT2D eigenvalue weighted by Gasteiger charge is -2.30. The molecule has 0 aliphatic rings. The van der Waals surface area contributed by atoms with Gasteiger partial charge in [-0.2, -0.15) is 0 Å². The van der Waals surface area contributed by atoms with Crippen molar-refractivity contribution in [2.45, 2.75) is 34.1 Å². The van der Waals surface area contributed by atoms with E-state index in [2.05, 4.69) is 5.32 Å². The quantitative estimate of drug-likeness (QED) is 0.772. The number of carbonyl (C=O) groups is 2. The Morgan fingerprint density at radius 1 is 1.04 bits per heavy atom. The summed E-state index contributed by atoms with van der Waals surface area (Å²) in [5.74, 6) is -0.438. The highest BCUT2D eigenvalue weighted by molar-refractivity contribution is 6.11. The first-order chi connectivity index (χ1) is 12.4. The fraction of sp³-hybridized carbons (Fsp3) is 0.364. The predicted molar refractivity (Wildman–Crippen MR) is 106 cm³/mol. The van der Waals surface area contributed by atoms with Gasteiger partial charge in [-0.05, 0) is 57.4 Å². The third-order valence-electron chi connectivity index (χ3n) is 4.52. The summed E-state index contributed by atoms with van der Waals surface area (Å²) in [6.07, 6.45) is 0.742. The highest BCUT2D eigenvalue weighted by Gasteiger charge is 2.39. The van der Waals surface area contributed by atoms with Gasteiger partial charge in [-0.3, -0.25) is 9.59 Å². The first kappa shape index (κ1) is 19.7. The fourth-order valence-electron chi connectivity index (χ4n) is 2.86. The highest BCUT2D eigenvalue weighted by atomic mass is 16.2. The smallest absolute Gasteiger partial charge is 0.242 e. The number of hydrogen-bond acceptors (Lipinski definition) is 2. The molecule has 2 aromatic rings. The van der Waals surface area contributed by atoms with Crippen LogP contribution in [-0.2, 0) is 16.0 Å². The normalized spacial score (nSPS) is 11.1. The van der Waals surface area contributed by atoms with Crippen LogP contribution in [0.5, 0.6) is 0 Å². The molecule has 0 fully saturated rings. The monoisotopic (exact) mass is 352 g/mol. The topological polar surface area (TPSA) is 49.4 Å². The fourth-order valence-corrected chi connectivity index (χ4v) is 2.86. The molecule has 0 radical (unpaired) electrons.